The Labute approximate surface area is 128 Å². The summed E-state index contributed by atoms with van der Waals surface area (Å²) >= 11 is 0. The summed E-state index contributed by atoms with van der Waals surface area (Å²) in [5.74, 6) is 0.317. The molecule has 2 heterocycles. The molecule has 116 valence electrons. The fraction of sp³-hybridized carbons (Fsp3) is 0.400. The van der Waals surface area contributed by atoms with Crippen LogP contribution in [0.15, 0.2) is 30.3 Å². The van der Waals surface area contributed by atoms with Crippen molar-refractivity contribution in [3.63, 3.8) is 0 Å². The van der Waals surface area contributed by atoms with Crippen LogP contribution in [-0.2, 0) is 16.1 Å². The van der Waals surface area contributed by atoms with Gasteiger partial charge in [-0.15, -0.1) is 5.10 Å². The predicted molar refractivity (Wildman–Crippen MR) is 79.7 cm³/mol. The number of aromatic nitrogens is 3. The lowest BCUT2D eigenvalue weighted by molar-refractivity contribution is -0.142. The van der Waals surface area contributed by atoms with E-state index in [1.807, 2.05) is 42.2 Å². The maximum Gasteiger partial charge on any atom is 0.337 e. The largest absolute Gasteiger partial charge is 0.467 e. The van der Waals surface area contributed by atoms with Crippen LogP contribution in [0.3, 0.4) is 0 Å². The first-order valence-electron chi connectivity index (χ1n) is 7.05. The van der Waals surface area contributed by atoms with E-state index >= 15 is 0 Å². The van der Waals surface area contributed by atoms with Gasteiger partial charge in [0.05, 0.1) is 26.8 Å². The van der Waals surface area contributed by atoms with E-state index in [1.54, 1.807) is 4.68 Å². The van der Waals surface area contributed by atoms with Gasteiger partial charge in [-0.3, -0.25) is 0 Å². The van der Waals surface area contributed by atoms with Gasteiger partial charge in [0.1, 0.15) is 6.04 Å². The molecule has 0 radical (unpaired) electrons. The summed E-state index contributed by atoms with van der Waals surface area (Å²) in [5.41, 5.74) is 1.09. The molecular weight excluding hydrogens is 284 g/mol. The second-order valence-electron chi connectivity index (χ2n) is 5.11. The molecule has 0 spiro atoms. The third-order valence-corrected chi connectivity index (χ3v) is 3.90. The van der Waals surface area contributed by atoms with Gasteiger partial charge in [-0.25, -0.2) is 9.48 Å². The molecule has 22 heavy (non-hydrogen) atoms. The van der Waals surface area contributed by atoms with Crippen molar-refractivity contribution in [1.82, 2.24) is 14.8 Å². The summed E-state index contributed by atoms with van der Waals surface area (Å²) in [7, 11) is 2.91. The van der Waals surface area contributed by atoms with E-state index in [0.29, 0.717) is 18.5 Å². The third-order valence-electron chi connectivity index (χ3n) is 3.90. The molecule has 1 aliphatic heterocycles. The van der Waals surface area contributed by atoms with Crippen molar-refractivity contribution in [2.24, 2.45) is 0 Å². The Hall–Kier alpha value is -2.57. The number of carbonyl (C=O) groups is 1. The van der Waals surface area contributed by atoms with Crippen LogP contribution in [0.2, 0.25) is 0 Å². The molecule has 2 aromatic rings. The van der Waals surface area contributed by atoms with Gasteiger partial charge in [0.25, 0.3) is 0 Å². The molecule has 1 aromatic carbocycles. The number of rotatable bonds is 4. The van der Waals surface area contributed by atoms with Crippen molar-refractivity contribution in [1.29, 1.82) is 0 Å². The van der Waals surface area contributed by atoms with Crippen LogP contribution < -0.4 is 9.64 Å². The maximum atomic E-state index is 12.1. The van der Waals surface area contributed by atoms with E-state index in [-0.39, 0.29) is 12.0 Å². The molecule has 1 aromatic heterocycles. The number of hydrogen-bond donors (Lipinski definition) is 0. The van der Waals surface area contributed by atoms with E-state index in [1.165, 1.54) is 14.2 Å². The minimum atomic E-state index is -0.443. The minimum Gasteiger partial charge on any atom is -0.467 e. The topological polar surface area (TPSA) is 69.5 Å². The lowest BCUT2D eigenvalue weighted by Crippen LogP contribution is -2.41. The van der Waals surface area contributed by atoms with Crippen LogP contribution in [0.1, 0.15) is 18.5 Å². The zero-order chi connectivity index (χ0) is 15.7. The van der Waals surface area contributed by atoms with E-state index in [4.69, 9.17) is 9.47 Å². The second kappa shape index (κ2) is 5.67. The zero-order valence-corrected chi connectivity index (χ0v) is 12.8. The number of benzene rings is 1. The highest BCUT2D eigenvalue weighted by Crippen LogP contribution is 2.34. The predicted octanol–water partition coefficient (Wildman–Crippen LogP) is 1.41. The molecule has 2 atom stereocenters. The van der Waals surface area contributed by atoms with Crippen molar-refractivity contribution in [3.05, 3.63) is 35.9 Å². The zero-order valence-electron chi connectivity index (χ0n) is 12.8. The number of esters is 1. The maximum absolute atomic E-state index is 12.1. The van der Waals surface area contributed by atoms with Crippen molar-refractivity contribution >= 4 is 11.9 Å². The van der Waals surface area contributed by atoms with Crippen LogP contribution in [0.4, 0.5) is 5.95 Å². The number of fused-ring (bicyclic) bond motifs is 1. The van der Waals surface area contributed by atoms with Crippen LogP contribution in [0.5, 0.6) is 6.01 Å². The minimum absolute atomic E-state index is 0.0412. The quantitative estimate of drug-likeness (QED) is 0.795. The molecule has 7 heteroatoms. The number of ether oxygens (including phenoxy) is 2. The van der Waals surface area contributed by atoms with Gasteiger partial charge in [0.15, 0.2) is 0 Å². The molecule has 0 saturated heterocycles. The van der Waals surface area contributed by atoms with Crippen LogP contribution >= 0.6 is 0 Å². The average Bonchev–Trinajstić information content (AvgIpc) is 3.11. The van der Waals surface area contributed by atoms with Gasteiger partial charge in [-0.05, 0) is 12.5 Å². The lowest BCUT2D eigenvalue weighted by Gasteiger charge is -2.29. The van der Waals surface area contributed by atoms with Gasteiger partial charge in [-0.1, -0.05) is 30.3 Å². The van der Waals surface area contributed by atoms with Crippen molar-refractivity contribution in [2.45, 2.75) is 25.6 Å². The fourth-order valence-electron chi connectivity index (χ4n) is 2.76. The van der Waals surface area contributed by atoms with Gasteiger partial charge < -0.3 is 14.4 Å². The first kappa shape index (κ1) is 14.4. The summed E-state index contributed by atoms with van der Waals surface area (Å²) < 4.78 is 11.7. The van der Waals surface area contributed by atoms with Crippen molar-refractivity contribution in [3.8, 4) is 6.01 Å². The molecule has 0 N–H and O–H groups in total. The SMILES string of the molecule is COC(=O)[C@@H]1Cn2nc(OC)nc2N1[C@H](C)c1ccccc1. The Morgan fingerprint density at radius 3 is 2.68 bits per heavy atom. The Morgan fingerprint density at radius 2 is 2.05 bits per heavy atom. The standard InChI is InChI=1S/C15H18N4O3/c1-10(11-7-5-4-6-8-11)19-12(13(20)21-2)9-18-15(19)16-14(17-18)22-3/h4-8,10,12H,9H2,1-3H3/t10-,12+/m1/s1. The van der Waals surface area contributed by atoms with Crippen LogP contribution in [0, 0.1) is 0 Å². The molecule has 1 aliphatic rings. The van der Waals surface area contributed by atoms with E-state index in [9.17, 15) is 4.79 Å². The normalized spacial score (nSPS) is 18.0. The monoisotopic (exact) mass is 302 g/mol. The molecule has 7 nitrogen and oxygen atoms in total. The Kier molecular flexibility index (Phi) is 3.70. The molecule has 0 fully saturated rings. The van der Waals surface area contributed by atoms with Gasteiger partial charge >= 0.3 is 12.0 Å². The summed E-state index contributed by atoms with van der Waals surface area (Å²) in [5, 5.41) is 4.24. The molecule has 0 aliphatic carbocycles. The summed E-state index contributed by atoms with van der Waals surface area (Å²) in [6.45, 7) is 2.43. The third kappa shape index (κ3) is 2.28. The Morgan fingerprint density at radius 1 is 1.32 bits per heavy atom. The molecule has 0 saturated carbocycles. The van der Waals surface area contributed by atoms with Crippen LogP contribution in [-0.4, -0.2) is 41.0 Å². The van der Waals surface area contributed by atoms with E-state index < -0.39 is 6.04 Å². The molecule has 3 rings (SSSR count). The number of anilines is 1. The fourth-order valence-corrected chi connectivity index (χ4v) is 2.76. The van der Waals surface area contributed by atoms with E-state index in [0.717, 1.165) is 5.56 Å². The molecular formula is C15H18N4O3. The van der Waals surface area contributed by atoms with Crippen molar-refractivity contribution in [2.75, 3.05) is 19.1 Å². The van der Waals surface area contributed by atoms with Crippen LogP contribution in [0.25, 0.3) is 0 Å². The summed E-state index contributed by atoms with van der Waals surface area (Å²) in [4.78, 5) is 18.4. The summed E-state index contributed by atoms with van der Waals surface area (Å²) in [6.07, 6.45) is 0. The van der Waals surface area contributed by atoms with Gasteiger partial charge in [0.2, 0.25) is 5.95 Å². The highest BCUT2D eigenvalue weighted by atomic mass is 16.5. The number of methoxy groups -OCH3 is 2. The van der Waals surface area contributed by atoms with E-state index in [2.05, 4.69) is 10.1 Å². The molecule has 0 unspecified atom stereocenters. The highest BCUT2D eigenvalue weighted by molar-refractivity contribution is 5.80. The number of hydrogen-bond acceptors (Lipinski definition) is 6. The lowest BCUT2D eigenvalue weighted by atomic mass is 10.1. The molecule has 0 amide bonds. The Balaban J connectivity index is 2.00. The highest BCUT2D eigenvalue weighted by Gasteiger charge is 2.41. The number of nitrogens with zero attached hydrogens (tertiary/aromatic N) is 4. The Bertz CT molecular complexity index is 671. The van der Waals surface area contributed by atoms with Gasteiger partial charge in [-0.2, -0.15) is 4.98 Å². The summed E-state index contributed by atoms with van der Waals surface area (Å²) in [6, 6.07) is 9.76. The molecule has 0 bridgehead atoms. The average molecular weight is 302 g/mol. The number of carbonyl (C=O) groups excluding carboxylic acids is 1. The first-order chi connectivity index (χ1) is 10.7. The second-order valence-corrected chi connectivity index (χ2v) is 5.11. The van der Waals surface area contributed by atoms with Crippen molar-refractivity contribution < 1.29 is 14.3 Å². The smallest absolute Gasteiger partial charge is 0.337 e. The van der Waals surface area contributed by atoms with Gasteiger partial charge in [0, 0.05) is 0 Å². The first-order valence-corrected chi connectivity index (χ1v) is 7.05.